The van der Waals surface area contributed by atoms with Gasteiger partial charge in [-0.3, -0.25) is 0 Å². The minimum absolute atomic E-state index is 0.0589. The highest BCUT2D eigenvalue weighted by Crippen LogP contribution is 2.29. The van der Waals surface area contributed by atoms with Crippen molar-refractivity contribution in [3.63, 3.8) is 0 Å². The van der Waals surface area contributed by atoms with Crippen LogP contribution in [0.1, 0.15) is 28.7 Å². The highest BCUT2D eigenvalue weighted by Gasteiger charge is 2.25. The largest absolute Gasteiger partial charge is 0.445 e. The molecule has 0 saturated heterocycles. The van der Waals surface area contributed by atoms with Gasteiger partial charge in [-0.15, -0.1) is 0 Å². The van der Waals surface area contributed by atoms with Gasteiger partial charge in [-0.2, -0.15) is 0 Å². The Bertz CT molecular complexity index is 1500. The molecule has 5 rings (SSSR count). The lowest BCUT2D eigenvalue weighted by Gasteiger charge is -2.18. The molecule has 8 heteroatoms. The number of esters is 1. The number of rotatable bonds is 7. The Labute approximate surface area is 218 Å². The summed E-state index contributed by atoms with van der Waals surface area (Å²) in [4.78, 5) is 38.0. The van der Waals surface area contributed by atoms with Crippen LogP contribution in [0.25, 0.3) is 11.0 Å². The third-order valence-corrected chi connectivity index (χ3v) is 6.56. The molecule has 1 aliphatic carbocycles. The van der Waals surface area contributed by atoms with Crippen molar-refractivity contribution in [3.05, 3.63) is 110 Å². The third kappa shape index (κ3) is 5.84. The predicted octanol–water partition coefficient (Wildman–Crippen LogP) is 5.38. The number of carbonyl (C=O) groups is 2. The normalized spacial score (nSPS) is 13.1. The summed E-state index contributed by atoms with van der Waals surface area (Å²) in [6.45, 7) is 0.0589. The molecular weight excluding hydrogens is 494 g/mol. The Morgan fingerprint density at radius 1 is 0.946 bits per heavy atom. The van der Waals surface area contributed by atoms with Crippen LogP contribution in [-0.4, -0.2) is 18.1 Å². The molecule has 3 aromatic carbocycles. The van der Waals surface area contributed by atoms with Gasteiger partial charge in [0.2, 0.25) is 0 Å². The van der Waals surface area contributed by atoms with E-state index in [1.165, 1.54) is 6.07 Å². The van der Waals surface area contributed by atoms with E-state index in [0.717, 1.165) is 40.5 Å². The van der Waals surface area contributed by atoms with E-state index in [9.17, 15) is 14.4 Å². The van der Waals surface area contributed by atoms with Gasteiger partial charge in [0.15, 0.2) is 0 Å². The molecule has 1 aromatic heterocycles. The molecule has 0 radical (unpaired) electrons. The quantitative estimate of drug-likeness (QED) is 0.201. The van der Waals surface area contributed by atoms with E-state index in [-0.39, 0.29) is 24.4 Å². The lowest BCUT2D eigenvalue weighted by atomic mass is 10.1. The Kier molecular flexibility index (Phi) is 7.23. The first kappa shape index (κ1) is 24.6. The SMILES string of the molecule is O=C(NC(Cc1ccc(Cl)cc1)C(=O)Oc1ccc2c3c(c(=O)oc2c1)CCC3)OCc1ccccc1. The van der Waals surface area contributed by atoms with Crippen LogP contribution in [-0.2, 0) is 35.4 Å². The predicted molar refractivity (Wildman–Crippen MR) is 139 cm³/mol. The van der Waals surface area contributed by atoms with E-state index in [1.54, 1.807) is 36.4 Å². The van der Waals surface area contributed by atoms with Crippen molar-refractivity contribution in [2.24, 2.45) is 0 Å². The molecule has 188 valence electrons. The number of halogens is 1. The minimum Gasteiger partial charge on any atom is -0.445 e. The Morgan fingerprint density at radius 3 is 2.49 bits per heavy atom. The maximum absolute atomic E-state index is 13.2. The van der Waals surface area contributed by atoms with Crippen molar-refractivity contribution < 1.29 is 23.5 Å². The fourth-order valence-corrected chi connectivity index (χ4v) is 4.60. The summed E-state index contributed by atoms with van der Waals surface area (Å²) in [5.74, 6) is -0.478. The smallest absolute Gasteiger partial charge is 0.408 e. The van der Waals surface area contributed by atoms with Crippen LogP contribution in [0.2, 0.25) is 5.02 Å². The van der Waals surface area contributed by atoms with Crippen LogP contribution < -0.4 is 15.7 Å². The molecule has 1 amide bonds. The van der Waals surface area contributed by atoms with Crippen molar-refractivity contribution in [2.75, 3.05) is 0 Å². The Balaban J connectivity index is 1.33. The Morgan fingerprint density at radius 2 is 1.70 bits per heavy atom. The molecular formula is C29H24ClNO6. The zero-order valence-electron chi connectivity index (χ0n) is 19.9. The number of alkyl carbamates (subject to hydrolysis) is 1. The molecule has 1 N–H and O–H groups in total. The van der Waals surface area contributed by atoms with E-state index in [4.69, 9.17) is 25.5 Å². The van der Waals surface area contributed by atoms with Crippen molar-refractivity contribution in [2.45, 2.75) is 38.3 Å². The molecule has 1 atom stereocenters. The van der Waals surface area contributed by atoms with Gasteiger partial charge in [-0.25, -0.2) is 14.4 Å². The number of carbonyl (C=O) groups excluding carboxylic acids is 2. The number of nitrogens with one attached hydrogen (secondary N) is 1. The van der Waals surface area contributed by atoms with E-state index >= 15 is 0 Å². The van der Waals surface area contributed by atoms with Crippen molar-refractivity contribution >= 4 is 34.6 Å². The lowest BCUT2D eigenvalue weighted by Crippen LogP contribution is -2.44. The van der Waals surface area contributed by atoms with Crippen LogP contribution in [0.4, 0.5) is 4.79 Å². The first-order valence-electron chi connectivity index (χ1n) is 12.0. The van der Waals surface area contributed by atoms with E-state index in [0.29, 0.717) is 17.0 Å². The summed E-state index contributed by atoms with van der Waals surface area (Å²) in [7, 11) is 0. The van der Waals surface area contributed by atoms with Gasteiger partial charge in [-0.1, -0.05) is 54.1 Å². The van der Waals surface area contributed by atoms with Crippen LogP contribution in [0, 0.1) is 0 Å². The van der Waals surface area contributed by atoms with Gasteiger partial charge in [0.05, 0.1) is 0 Å². The van der Waals surface area contributed by atoms with Gasteiger partial charge in [0.1, 0.15) is 24.0 Å². The molecule has 1 unspecified atom stereocenters. The topological polar surface area (TPSA) is 94.8 Å². The van der Waals surface area contributed by atoms with Gasteiger partial charge < -0.3 is 19.2 Å². The molecule has 7 nitrogen and oxygen atoms in total. The highest BCUT2D eigenvalue weighted by atomic mass is 35.5. The number of hydrogen-bond donors (Lipinski definition) is 1. The Hall–Kier alpha value is -4.10. The fraction of sp³-hybridized carbons (Fsp3) is 0.207. The second-order valence-corrected chi connectivity index (χ2v) is 9.30. The number of amides is 1. The van der Waals surface area contributed by atoms with E-state index in [1.807, 2.05) is 30.3 Å². The summed E-state index contributed by atoms with van der Waals surface area (Å²) in [5.41, 5.74) is 3.31. The van der Waals surface area contributed by atoms with Crippen LogP contribution in [0.15, 0.2) is 82.0 Å². The second-order valence-electron chi connectivity index (χ2n) is 8.87. The van der Waals surface area contributed by atoms with Crippen LogP contribution in [0.3, 0.4) is 0 Å². The zero-order valence-corrected chi connectivity index (χ0v) is 20.6. The van der Waals surface area contributed by atoms with Gasteiger partial charge in [0, 0.05) is 28.5 Å². The molecule has 0 bridgehead atoms. The number of fused-ring (bicyclic) bond motifs is 3. The minimum atomic E-state index is -1.04. The fourth-order valence-electron chi connectivity index (χ4n) is 4.47. The first-order valence-corrected chi connectivity index (χ1v) is 12.4. The second kappa shape index (κ2) is 10.9. The molecule has 1 aliphatic rings. The molecule has 0 saturated carbocycles. The zero-order chi connectivity index (χ0) is 25.8. The maximum atomic E-state index is 13.2. The average Bonchev–Trinajstić information content (AvgIpc) is 3.40. The summed E-state index contributed by atoms with van der Waals surface area (Å²) < 4.78 is 16.4. The van der Waals surface area contributed by atoms with E-state index in [2.05, 4.69) is 5.32 Å². The lowest BCUT2D eigenvalue weighted by molar-refractivity contribution is -0.136. The number of hydrogen-bond acceptors (Lipinski definition) is 6. The number of ether oxygens (including phenoxy) is 2. The standard InChI is InChI=1S/C29H24ClNO6/c30-20-11-9-18(10-12-20)15-25(31-29(34)35-17-19-5-2-1-3-6-19)28(33)36-21-13-14-23-22-7-4-8-24(22)27(32)37-26(23)16-21/h1-3,5-6,9-14,16,25H,4,7-8,15,17H2,(H,31,34). The third-order valence-electron chi connectivity index (χ3n) is 6.31. The van der Waals surface area contributed by atoms with E-state index < -0.39 is 18.1 Å². The highest BCUT2D eigenvalue weighted by molar-refractivity contribution is 6.30. The first-order chi connectivity index (χ1) is 18.0. The van der Waals surface area contributed by atoms with Crippen molar-refractivity contribution in [3.8, 4) is 5.75 Å². The van der Waals surface area contributed by atoms with Gasteiger partial charge in [-0.05, 0) is 60.2 Å². The summed E-state index contributed by atoms with van der Waals surface area (Å²) in [5, 5.41) is 4.01. The average molecular weight is 518 g/mol. The summed E-state index contributed by atoms with van der Waals surface area (Å²) in [6, 6.07) is 20.1. The monoisotopic (exact) mass is 517 g/mol. The number of benzene rings is 3. The molecule has 1 heterocycles. The van der Waals surface area contributed by atoms with Crippen LogP contribution >= 0.6 is 11.6 Å². The molecule has 0 aliphatic heterocycles. The number of aryl methyl sites for hydroxylation is 1. The molecule has 0 fully saturated rings. The molecule has 37 heavy (non-hydrogen) atoms. The van der Waals surface area contributed by atoms with Gasteiger partial charge >= 0.3 is 17.7 Å². The summed E-state index contributed by atoms with van der Waals surface area (Å²) in [6.07, 6.45) is 1.85. The van der Waals surface area contributed by atoms with Crippen LogP contribution in [0.5, 0.6) is 5.75 Å². The van der Waals surface area contributed by atoms with Crippen molar-refractivity contribution in [1.82, 2.24) is 5.32 Å². The molecule has 0 spiro atoms. The van der Waals surface area contributed by atoms with Gasteiger partial charge in [0.25, 0.3) is 0 Å². The maximum Gasteiger partial charge on any atom is 0.408 e. The summed E-state index contributed by atoms with van der Waals surface area (Å²) >= 11 is 5.98. The molecule has 4 aromatic rings. The van der Waals surface area contributed by atoms with Crippen molar-refractivity contribution in [1.29, 1.82) is 0 Å².